The molecule has 1 aromatic heterocycles. The van der Waals surface area contributed by atoms with Gasteiger partial charge in [0.25, 0.3) is 10.0 Å². The van der Waals surface area contributed by atoms with E-state index in [1.807, 2.05) is 6.92 Å². The van der Waals surface area contributed by atoms with Gasteiger partial charge in [0.05, 0.1) is 4.90 Å². The van der Waals surface area contributed by atoms with Gasteiger partial charge >= 0.3 is 0 Å². The fourth-order valence-corrected chi connectivity index (χ4v) is 2.91. The minimum atomic E-state index is -3.67. The SMILES string of the molecule is Cc1cc(S(=O)(=O)Nc2cc(C)c(Br)cn2)ccc1N. The van der Waals surface area contributed by atoms with Crippen LogP contribution >= 0.6 is 15.9 Å². The molecule has 0 aliphatic heterocycles. The number of benzene rings is 1. The van der Waals surface area contributed by atoms with Gasteiger partial charge < -0.3 is 5.73 Å². The number of aryl methyl sites for hydroxylation is 2. The summed E-state index contributed by atoms with van der Waals surface area (Å²) in [4.78, 5) is 4.19. The molecule has 0 spiro atoms. The molecule has 0 radical (unpaired) electrons. The van der Waals surface area contributed by atoms with Crippen LogP contribution in [0.5, 0.6) is 0 Å². The van der Waals surface area contributed by atoms with Gasteiger partial charge in [0.15, 0.2) is 0 Å². The van der Waals surface area contributed by atoms with E-state index in [2.05, 4.69) is 25.6 Å². The van der Waals surface area contributed by atoms with Gasteiger partial charge in [-0.25, -0.2) is 13.4 Å². The molecule has 0 bridgehead atoms. The molecule has 1 aromatic carbocycles. The molecule has 20 heavy (non-hydrogen) atoms. The Labute approximate surface area is 126 Å². The molecule has 2 rings (SSSR count). The van der Waals surface area contributed by atoms with Crippen LogP contribution in [0.25, 0.3) is 0 Å². The number of hydrogen-bond acceptors (Lipinski definition) is 4. The number of aromatic nitrogens is 1. The lowest BCUT2D eigenvalue weighted by Gasteiger charge is -2.10. The van der Waals surface area contributed by atoms with Crippen molar-refractivity contribution in [2.45, 2.75) is 18.7 Å². The van der Waals surface area contributed by atoms with Crippen molar-refractivity contribution < 1.29 is 8.42 Å². The zero-order valence-corrected chi connectivity index (χ0v) is 13.4. The lowest BCUT2D eigenvalue weighted by atomic mass is 10.2. The first-order valence-corrected chi connectivity index (χ1v) is 8.08. The topological polar surface area (TPSA) is 85.1 Å². The summed E-state index contributed by atoms with van der Waals surface area (Å²) in [6, 6.07) is 6.23. The van der Waals surface area contributed by atoms with Crippen molar-refractivity contribution in [2.24, 2.45) is 0 Å². The standard InChI is InChI=1S/C13H14BrN3O2S/c1-8-6-13(16-7-11(8)14)17-20(18,19)10-3-4-12(15)9(2)5-10/h3-7H,15H2,1-2H3,(H,16,17). The van der Waals surface area contributed by atoms with Crippen LogP contribution in [0.15, 0.2) is 39.8 Å². The molecule has 0 saturated heterocycles. The van der Waals surface area contributed by atoms with Crippen LogP contribution in [0.3, 0.4) is 0 Å². The van der Waals surface area contributed by atoms with E-state index in [0.717, 1.165) is 10.0 Å². The predicted molar refractivity (Wildman–Crippen MR) is 83.1 cm³/mol. The number of pyridine rings is 1. The second-order valence-electron chi connectivity index (χ2n) is 4.44. The lowest BCUT2D eigenvalue weighted by molar-refractivity contribution is 0.601. The fourth-order valence-electron chi connectivity index (χ4n) is 1.61. The third-order valence-electron chi connectivity index (χ3n) is 2.84. The normalized spacial score (nSPS) is 11.3. The molecule has 0 saturated carbocycles. The van der Waals surface area contributed by atoms with Crippen LogP contribution in [0.2, 0.25) is 0 Å². The van der Waals surface area contributed by atoms with Crippen molar-refractivity contribution in [3.05, 3.63) is 46.1 Å². The Morgan fingerprint density at radius 1 is 1.20 bits per heavy atom. The highest BCUT2D eigenvalue weighted by Crippen LogP contribution is 2.21. The summed E-state index contributed by atoms with van der Waals surface area (Å²) < 4.78 is 27.8. The Morgan fingerprint density at radius 2 is 1.90 bits per heavy atom. The summed E-state index contributed by atoms with van der Waals surface area (Å²) in [5.41, 5.74) is 7.86. The van der Waals surface area contributed by atoms with Crippen molar-refractivity contribution in [1.82, 2.24) is 4.98 Å². The first-order valence-electron chi connectivity index (χ1n) is 5.81. The first kappa shape index (κ1) is 14.8. The third-order valence-corrected chi connectivity index (χ3v) is 5.02. The van der Waals surface area contributed by atoms with Gasteiger partial charge in [0, 0.05) is 16.4 Å². The average Bonchev–Trinajstić information content (AvgIpc) is 2.37. The Bertz CT molecular complexity index is 760. The number of sulfonamides is 1. The van der Waals surface area contributed by atoms with Gasteiger partial charge in [0.2, 0.25) is 0 Å². The van der Waals surface area contributed by atoms with Crippen LogP contribution in [-0.2, 0) is 10.0 Å². The van der Waals surface area contributed by atoms with Gasteiger partial charge in [-0.15, -0.1) is 0 Å². The summed E-state index contributed by atoms with van der Waals surface area (Å²) in [5.74, 6) is 0.278. The number of anilines is 2. The summed E-state index contributed by atoms with van der Waals surface area (Å²) >= 11 is 3.32. The Kier molecular flexibility index (Phi) is 4.01. The maximum Gasteiger partial charge on any atom is 0.263 e. The van der Waals surface area contributed by atoms with Crippen LogP contribution < -0.4 is 10.5 Å². The minimum Gasteiger partial charge on any atom is -0.399 e. The number of halogens is 1. The molecular formula is C13H14BrN3O2S. The van der Waals surface area contributed by atoms with Gasteiger partial charge in [-0.05, 0) is 65.2 Å². The summed E-state index contributed by atoms with van der Waals surface area (Å²) in [7, 11) is -3.67. The van der Waals surface area contributed by atoms with E-state index in [1.165, 1.54) is 12.1 Å². The maximum absolute atomic E-state index is 12.3. The molecule has 0 aliphatic rings. The molecule has 5 nitrogen and oxygen atoms in total. The molecule has 0 unspecified atom stereocenters. The average molecular weight is 356 g/mol. The highest BCUT2D eigenvalue weighted by Gasteiger charge is 2.16. The van der Waals surface area contributed by atoms with Crippen LogP contribution in [0, 0.1) is 13.8 Å². The van der Waals surface area contributed by atoms with Gasteiger partial charge in [-0.2, -0.15) is 0 Å². The Hall–Kier alpha value is -1.60. The highest BCUT2D eigenvalue weighted by atomic mass is 79.9. The van der Waals surface area contributed by atoms with E-state index in [1.54, 1.807) is 25.3 Å². The van der Waals surface area contributed by atoms with Crippen molar-refractivity contribution in [3.63, 3.8) is 0 Å². The second-order valence-corrected chi connectivity index (χ2v) is 6.98. The van der Waals surface area contributed by atoms with Crippen molar-refractivity contribution >= 4 is 37.5 Å². The smallest absolute Gasteiger partial charge is 0.263 e. The molecule has 0 aliphatic carbocycles. The molecular weight excluding hydrogens is 342 g/mol. The quantitative estimate of drug-likeness (QED) is 0.829. The highest BCUT2D eigenvalue weighted by molar-refractivity contribution is 9.10. The molecule has 106 valence electrons. The van der Waals surface area contributed by atoms with Gasteiger partial charge in [-0.3, -0.25) is 4.72 Å². The van der Waals surface area contributed by atoms with E-state index < -0.39 is 10.0 Å². The van der Waals surface area contributed by atoms with Crippen LogP contribution in [0.1, 0.15) is 11.1 Å². The largest absolute Gasteiger partial charge is 0.399 e. The summed E-state index contributed by atoms with van der Waals surface area (Å²) in [5, 5.41) is 0. The van der Waals surface area contributed by atoms with Gasteiger partial charge in [0.1, 0.15) is 5.82 Å². The monoisotopic (exact) mass is 355 g/mol. The summed E-state index contributed by atoms with van der Waals surface area (Å²) in [6.07, 6.45) is 1.56. The van der Waals surface area contributed by atoms with Crippen molar-refractivity contribution in [1.29, 1.82) is 0 Å². The zero-order chi connectivity index (χ0) is 14.9. The third kappa shape index (κ3) is 3.10. The Morgan fingerprint density at radius 3 is 2.50 bits per heavy atom. The number of nitrogen functional groups attached to an aromatic ring is 1. The summed E-state index contributed by atoms with van der Waals surface area (Å²) in [6.45, 7) is 3.62. The molecule has 1 heterocycles. The second kappa shape index (κ2) is 5.41. The van der Waals surface area contributed by atoms with E-state index in [0.29, 0.717) is 11.3 Å². The van der Waals surface area contributed by atoms with E-state index in [-0.39, 0.29) is 10.7 Å². The van der Waals surface area contributed by atoms with E-state index >= 15 is 0 Å². The molecule has 0 atom stereocenters. The van der Waals surface area contributed by atoms with Crippen LogP contribution in [-0.4, -0.2) is 13.4 Å². The van der Waals surface area contributed by atoms with Crippen molar-refractivity contribution in [2.75, 3.05) is 10.5 Å². The number of rotatable bonds is 3. The molecule has 3 N–H and O–H groups in total. The minimum absolute atomic E-state index is 0.159. The maximum atomic E-state index is 12.3. The number of hydrogen-bond donors (Lipinski definition) is 2. The van der Waals surface area contributed by atoms with E-state index in [9.17, 15) is 8.42 Å². The Balaban J connectivity index is 2.35. The van der Waals surface area contributed by atoms with E-state index in [4.69, 9.17) is 5.73 Å². The lowest BCUT2D eigenvalue weighted by Crippen LogP contribution is -2.14. The number of nitrogens with two attached hydrogens (primary N) is 1. The molecule has 2 aromatic rings. The fraction of sp³-hybridized carbons (Fsp3) is 0.154. The first-order chi connectivity index (χ1) is 9.29. The number of nitrogens with zero attached hydrogens (tertiary/aromatic N) is 1. The van der Waals surface area contributed by atoms with Crippen LogP contribution in [0.4, 0.5) is 11.5 Å². The van der Waals surface area contributed by atoms with Crippen molar-refractivity contribution in [3.8, 4) is 0 Å². The molecule has 0 amide bonds. The zero-order valence-electron chi connectivity index (χ0n) is 11.0. The predicted octanol–water partition coefficient (Wildman–Crippen LogP) is 2.84. The van der Waals surface area contributed by atoms with Gasteiger partial charge in [-0.1, -0.05) is 0 Å². The number of nitrogens with one attached hydrogen (secondary N) is 1. The molecule has 7 heteroatoms. The molecule has 0 fully saturated rings.